The lowest BCUT2D eigenvalue weighted by Crippen LogP contribution is -2.18. The zero-order chi connectivity index (χ0) is 18.1. The van der Waals surface area contributed by atoms with Crippen LogP contribution in [0.15, 0.2) is 40.8 Å². The number of rotatable bonds is 6. The molecule has 5 nitrogen and oxygen atoms in total. The molecule has 1 unspecified atom stereocenters. The van der Waals surface area contributed by atoms with Gasteiger partial charge in [0, 0.05) is 24.1 Å². The Hall–Kier alpha value is -2.53. The van der Waals surface area contributed by atoms with Crippen LogP contribution in [0, 0.1) is 0 Å². The molecule has 1 aromatic heterocycles. The fourth-order valence-electron chi connectivity index (χ4n) is 3.46. The van der Waals surface area contributed by atoms with Crippen LogP contribution < -0.4 is 9.47 Å². The molecule has 0 N–H and O–H groups in total. The van der Waals surface area contributed by atoms with Crippen LogP contribution in [0.2, 0.25) is 0 Å². The van der Waals surface area contributed by atoms with Crippen molar-refractivity contribution in [3.63, 3.8) is 0 Å². The predicted molar refractivity (Wildman–Crippen MR) is 101 cm³/mol. The summed E-state index contributed by atoms with van der Waals surface area (Å²) in [7, 11) is 2.06. The molecule has 0 saturated carbocycles. The van der Waals surface area contributed by atoms with Gasteiger partial charge < -0.3 is 13.9 Å². The Morgan fingerprint density at radius 2 is 2.08 bits per heavy atom. The lowest BCUT2D eigenvalue weighted by Gasteiger charge is -2.18. The Bertz CT molecular complexity index is 886. The number of ether oxygens (including phenoxy) is 2. The van der Waals surface area contributed by atoms with Crippen LogP contribution in [-0.4, -0.2) is 29.6 Å². The Morgan fingerprint density at radius 3 is 2.88 bits per heavy atom. The van der Waals surface area contributed by atoms with E-state index in [1.54, 1.807) is 0 Å². The van der Waals surface area contributed by atoms with Crippen LogP contribution in [-0.2, 0) is 19.5 Å². The molecule has 4 rings (SSSR count). The molecule has 0 spiro atoms. The molecule has 0 saturated heterocycles. The summed E-state index contributed by atoms with van der Waals surface area (Å²) < 4.78 is 17.6. The minimum atomic E-state index is 0.229. The lowest BCUT2D eigenvalue weighted by atomic mass is 10.1. The van der Waals surface area contributed by atoms with Gasteiger partial charge in [-0.15, -0.1) is 0 Å². The van der Waals surface area contributed by atoms with Crippen molar-refractivity contribution in [2.45, 2.75) is 39.5 Å². The molecule has 0 bridgehead atoms. The van der Waals surface area contributed by atoms with Crippen molar-refractivity contribution in [3.05, 3.63) is 53.4 Å². The van der Waals surface area contributed by atoms with E-state index in [0.29, 0.717) is 13.2 Å². The maximum atomic E-state index is 5.92. The maximum absolute atomic E-state index is 5.92. The second kappa shape index (κ2) is 7.00. The van der Waals surface area contributed by atoms with Gasteiger partial charge in [0.25, 0.3) is 0 Å². The number of nitrogens with zero attached hydrogens (tertiary/aromatic N) is 2. The van der Waals surface area contributed by atoms with Gasteiger partial charge in [-0.3, -0.25) is 4.90 Å². The van der Waals surface area contributed by atoms with Crippen LogP contribution in [0.5, 0.6) is 11.5 Å². The van der Waals surface area contributed by atoms with Crippen LogP contribution >= 0.6 is 0 Å². The normalized spacial score (nSPS) is 16.1. The molecule has 26 heavy (non-hydrogen) atoms. The van der Waals surface area contributed by atoms with Crippen molar-refractivity contribution in [3.8, 4) is 11.5 Å². The lowest BCUT2D eigenvalue weighted by molar-refractivity contribution is 0.252. The van der Waals surface area contributed by atoms with Crippen molar-refractivity contribution in [1.29, 1.82) is 0 Å². The molecule has 0 fully saturated rings. The molecule has 2 heterocycles. The van der Waals surface area contributed by atoms with E-state index >= 15 is 0 Å². The van der Waals surface area contributed by atoms with Gasteiger partial charge in [-0.1, -0.05) is 12.1 Å². The third-order valence-corrected chi connectivity index (χ3v) is 4.56. The SMILES string of the molecule is CCOc1cc2c(cc1CN(C)Cc1nc3ccccc3o1)OC(C)C2. The fraction of sp³-hybridized carbons (Fsp3) is 0.381. The highest BCUT2D eigenvalue weighted by molar-refractivity contribution is 5.72. The fourth-order valence-corrected chi connectivity index (χ4v) is 3.46. The highest BCUT2D eigenvalue weighted by Gasteiger charge is 2.22. The average molecular weight is 352 g/mol. The molecule has 136 valence electrons. The first kappa shape index (κ1) is 16.9. The van der Waals surface area contributed by atoms with Gasteiger partial charge in [0.2, 0.25) is 5.89 Å². The zero-order valence-corrected chi connectivity index (χ0v) is 15.5. The third kappa shape index (κ3) is 3.40. The Kier molecular flexibility index (Phi) is 4.55. The Morgan fingerprint density at radius 1 is 1.23 bits per heavy atom. The van der Waals surface area contributed by atoms with Crippen LogP contribution in [0.4, 0.5) is 0 Å². The first-order chi connectivity index (χ1) is 12.6. The summed E-state index contributed by atoms with van der Waals surface area (Å²) in [6.07, 6.45) is 1.17. The molecular weight excluding hydrogens is 328 g/mol. The summed E-state index contributed by atoms with van der Waals surface area (Å²) in [5.41, 5.74) is 4.07. The standard InChI is InChI=1S/C21H24N2O3/c1-4-24-19-10-15-9-14(2)25-20(15)11-16(19)12-23(3)13-21-22-17-7-5-6-8-18(17)26-21/h5-8,10-11,14H,4,9,12-13H2,1-3H3. The number of benzene rings is 2. The van der Waals surface area contributed by atoms with Gasteiger partial charge in [-0.2, -0.15) is 0 Å². The van der Waals surface area contributed by atoms with Gasteiger partial charge in [0.15, 0.2) is 5.58 Å². The summed E-state index contributed by atoms with van der Waals surface area (Å²) >= 11 is 0. The van der Waals surface area contributed by atoms with Gasteiger partial charge in [-0.05, 0) is 45.2 Å². The molecule has 0 aliphatic carbocycles. The van der Waals surface area contributed by atoms with Gasteiger partial charge >= 0.3 is 0 Å². The van der Waals surface area contributed by atoms with Crippen LogP contribution in [0.1, 0.15) is 30.9 Å². The average Bonchev–Trinajstić information content (AvgIpc) is 3.16. The molecule has 1 aliphatic heterocycles. The summed E-state index contributed by atoms with van der Waals surface area (Å²) in [4.78, 5) is 6.73. The van der Waals surface area contributed by atoms with E-state index in [9.17, 15) is 0 Å². The highest BCUT2D eigenvalue weighted by Crippen LogP contribution is 2.35. The molecule has 2 aromatic carbocycles. The van der Waals surface area contributed by atoms with Crippen molar-refractivity contribution in [2.75, 3.05) is 13.7 Å². The van der Waals surface area contributed by atoms with Gasteiger partial charge in [0.05, 0.1) is 13.2 Å². The maximum Gasteiger partial charge on any atom is 0.209 e. The summed E-state index contributed by atoms with van der Waals surface area (Å²) in [5.74, 6) is 2.64. The van der Waals surface area contributed by atoms with E-state index in [1.165, 1.54) is 5.56 Å². The molecule has 0 radical (unpaired) electrons. The molecule has 1 atom stereocenters. The minimum absolute atomic E-state index is 0.229. The number of fused-ring (bicyclic) bond motifs is 2. The number of oxazole rings is 1. The quantitative estimate of drug-likeness (QED) is 0.666. The van der Waals surface area contributed by atoms with E-state index in [0.717, 1.165) is 47.0 Å². The van der Waals surface area contributed by atoms with Gasteiger partial charge in [-0.25, -0.2) is 4.98 Å². The van der Waals surface area contributed by atoms with Crippen LogP contribution in [0.25, 0.3) is 11.1 Å². The number of aromatic nitrogens is 1. The third-order valence-electron chi connectivity index (χ3n) is 4.56. The number of hydrogen-bond donors (Lipinski definition) is 0. The molecule has 3 aromatic rings. The largest absolute Gasteiger partial charge is 0.494 e. The predicted octanol–water partition coefficient (Wildman–Crippen LogP) is 4.18. The van der Waals surface area contributed by atoms with E-state index < -0.39 is 0 Å². The highest BCUT2D eigenvalue weighted by atomic mass is 16.5. The van der Waals surface area contributed by atoms with Crippen molar-refractivity contribution < 1.29 is 13.9 Å². The molecule has 5 heteroatoms. The first-order valence-electron chi connectivity index (χ1n) is 9.10. The molecule has 0 amide bonds. The van der Waals surface area contributed by atoms with E-state index in [-0.39, 0.29) is 6.10 Å². The second-order valence-electron chi connectivity index (χ2n) is 6.88. The molecular formula is C21H24N2O3. The Balaban J connectivity index is 1.53. The first-order valence-corrected chi connectivity index (χ1v) is 9.10. The summed E-state index contributed by atoms with van der Waals surface area (Å²) in [6.45, 7) is 6.13. The topological polar surface area (TPSA) is 47.7 Å². The Labute approximate surface area is 153 Å². The van der Waals surface area contributed by atoms with Crippen LogP contribution in [0.3, 0.4) is 0 Å². The second-order valence-corrected chi connectivity index (χ2v) is 6.88. The van der Waals surface area contributed by atoms with E-state index in [1.807, 2.05) is 31.2 Å². The minimum Gasteiger partial charge on any atom is -0.494 e. The van der Waals surface area contributed by atoms with Gasteiger partial charge in [0.1, 0.15) is 23.1 Å². The summed E-state index contributed by atoms with van der Waals surface area (Å²) in [5, 5.41) is 0. The van der Waals surface area contributed by atoms with Crippen molar-refractivity contribution in [1.82, 2.24) is 9.88 Å². The number of hydrogen-bond acceptors (Lipinski definition) is 5. The van der Waals surface area contributed by atoms with E-state index in [2.05, 4.69) is 36.0 Å². The van der Waals surface area contributed by atoms with Crippen molar-refractivity contribution in [2.24, 2.45) is 0 Å². The number of para-hydroxylation sites is 2. The summed E-state index contributed by atoms with van der Waals surface area (Å²) in [6, 6.07) is 12.1. The molecule has 1 aliphatic rings. The smallest absolute Gasteiger partial charge is 0.209 e. The monoisotopic (exact) mass is 352 g/mol. The van der Waals surface area contributed by atoms with E-state index in [4.69, 9.17) is 13.9 Å². The zero-order valence-electron chi connectivity index (χ0n) is 15.5. The van der Waals surface area contributed by atoms with Crippen molar-refractivity contribution >= 4 is 11.1 Å².